The van der Waals surface area contributed by atoms with E-state index >= 15 is 0 Å². The Morgan fingerprint density at radius 1 is 1.11 bits per heavy atom. The van der Waals surface area contributed by atoms with Crippen LogP contribution >= 0.6 is 0 Å². The van der Waals surface area contributed by atoms with Gasteiger partial charge in [0.15, 0.2) is 5.65 Å². The molecule has 1 fully saturated rings. The second-order valence-electron chi connectivity index (χ2n) is 8.94. The number of piperidine rings is 1. The lowest BCUT2D eigenvalue weighted by Crippen LogP contribution is -2.40. The highest BCUT2D eigenvalue weighted by molar-refractivity contribution is 6.03. The Kier molecular flexibility index (Phi) is 6.44. The summed E-state index contributed by atoms with van der Waals surface area (Å²) < 4.78 is 3.33. The Hall–Kier alpha value is -4.16. The second-order valence-corrected chi connectivity index (χ2v) is 8.94. The van der Waals surface area contributed by atoms with Gasteiger partial charge in [-0.15, -0.1) is 10.2 Å². The molecule has 0 saturated carbocycles. The number of carbonyl (C=O) groups is 2. The molecule has 2 amide bonds. The van der Waals surface area contributed by atoms with E-state index in [1.54, 1.807) is 40.7 Å². The van der Waals surface area contributed by atoms with Crippen molar-refractivity contribution in [2.24, 2.45) is 7.05 Å². The minimum absolute atomic E-state index is 0.129. The van der Waals surface area contributed by atoms with Gasteiger partial charge in [0.2, 0.25) is 11.7 Å². The molecular formula is C24H27N9O3. The predicted octanol–water partition coefficient (Wildman–Crippen LogP) is 1.48. The fraction of sp³-hybridized carbons (Fsp3) is 0.333. The van der Waals surface area contributed by atoms with E-state index < -0.39 is 5.91 Å². The summed E-state index contributed by atoms with van der Waals surface area (Å²) in [6, 6.07) is 5.38. The van der Waals surface area contributed by atoms with Crippen LogP contribution in [0.25, 0.3) is 16.8 Å². The van der Waals surface area contributed by atoms with E-state index in [1.807, 2.05) is 30.3 Å². The molecule has 3 N–H and O–H groups in total. The molecule has 1 aliphatic heterocycles. The molecule has 0 aliphatic carbocycles. The van der Waals surface area contributed by atoms with Gasteiger partial charge in [-0.1, -0.05) is 0 Å². The van der Waals surface area contributed by atoms with Crippen molar-refractivity contribution in [2.45, 2.75) is 25.9 Å². The first-order chi connectivity index (χ1) is 17.4. The quantitative estimate of drug-likeness (QED) is 0.370. The molecule has 12 heteroatoms. The van der Waals surface area contributed by atoms with Gasteiger partial charge in [0, 0.05) is 38.1 Å². The molecule has 1 aliphatic rings. The molecule has 5 rings (SSSR count). The standard InChI is InChI=1S/C24H27N9O3/c1-15-20(10-18(12-25-15)27-22(35)14-32-6-4-19(34)5-7-32)28-24(36)23-30-29-21-9-16(3-8-33(21)23)17-11-26-31(2)13-17/h3,8-13,19,34H,4-7,14H2,1-2H3,(H,27,35)(H,28,36). The number of carbonyl (C=O) groups excluding carboxylic acids is 2. The summed E-state index contributed by atoms with van der Waals surface area (Å²) in [7, 11) is 1.85. The number of hydrogen-bond donors (Lipinski definition) is 3. The van der Waals surface area contributed by atoms with Gasteiger partial charge in [-0.05, 0) is 43.5 Å². The highest BCUT2D eigenvalue weighted by Crippen LogP contribution is 2.22. The summed E-state index contributed by atoms with van der Waals surface area (Å²) >= 11 is 0. The fourth-order valence-electron chi connectivity index (χ4n) is 4.18. The largest absolute Gasteiger partial charge is 0.393 e. The number of pyridine rings is 2. The zero-order chi connectivity index (χ0) is 25.2. The van der Waals surface area contributed by atoms with Crippen LogP contribution in [0, 0.1) is 6.92 Å². The molecule has 0 unspecified atom stereocenters. The van der Waals surface area contributed by atoms with Crippen molar-refractivity contribution in [3.63, 3.8) is 0 Å². The van der Waals surface area contributed by atoms with Crippen molar-refractivity contribution in [3.8, 4) is 11.1 Å². The SMILES string of the molecule is Cc1ncc(NC(=O)CN2CCC(O)CC2)cc1NC(=O)c1nnc2cc(-c3cnn(C)c3)ccn12. The lowest BCUT2D eigenvalue weighted by molar-refractivity contribution is -0.117. The van der Waals surface area contributed by atoms with Crippen LogP contribution in [-0.2, 0) is 11.8 Å². The zero-order valence-corrected chi connectivity index (χ0v) is 20.0. The molecule has 4 aromatic rings. The normalized spacial score (nSPS) is 14.8. The number of rotatable bonds is 6. The number of fused-ring (bicyclic) bond motifs is 1. The minimum atomic E-state index is -0.447. The molecule has 0 radical (unpaired) electrons. The number of aliphatic hydroxyl groups excluding tert-OH is 1. The van der Waals surface area contributed by atoms with Gasteiger partial charge < -0.3 is 15.7 Å². The Bertz CT molecular complexity index is 1420. The van der Waals surface area contributed by atoms with Crippen molar-refractivity contribution in [1.29, 1.82) is 0 Å². The average molecular weight is 490 g/mol. The van der Waals surface area contributed by atoms with Crippen molar-refractivity contribution >= 4 is 28.8 Å². The maximum absolute atomic E-state index is 13.0. The summed E-state index contributed by atoms with van der Waals surface area (Å²) in [5, 5.41) is 27.7. The Morgan fingerprint density at radius 2 is 1.92 bits per heavy atom. The topological polar surface area (TPSA) is 143 Å². The van der Waals surface area contributed by atoms with Crippen LogP contribution < -0.4 is 10.6 Å². The number of nitrogens with one attached hydrogen (secondary N) is 2. The molecule has 0 spiro atoms. The number of anilines is 2. The Labute approximate surface area is 207 Å². The van der Waals surface area contributed by atoms with Gasteiger partial charge in [-0.25, -0.2) is 0 Å². The molecule has 0 atom stereocenters. The van der Waals surface area contributed by atoms with Crippen LogP contribution in [0.1, 0.15) is 29.2 Å². The van der Waals surface area contributed by atoms with Crippen molar-refractivity contribution < 1.29 is 14.7 Å². The highest BCUT2D eigenvalue weighted by atomic mass is 16.3. The summed E-state index contributed by atoms with van der Waals surface area (Å²) in [5.41, 5.74) is 3.92. The number of aromatic nitrogens is 6. The summed E-state index contributed by atoms with van der Waals surface area (Å²) in [6.45, 7) is 3.35. The predicted molar refractivity (Wildman–Crippen MR) is 132 cm³/mol. The van der Waals surface area contributed by atoms with Crippen LogP contribution in [0.5, 0.6) is 0 Å². The van der Waals surface area contributed by atoms with Crippen LogP contribution in [0.2, 0.25) is 0 Å². The lowest BCUT2D eigenvalue weighted by Gasteiger charge is -2.28. The van der Waals surface area contributed by atoms with E-state index in [1.165, 1.54) is 0 Å². The Morgan fingerprint density at radius 3 is 2.67 bits per heavy atom. The zero-order valence-electron chi connectivity index (χ0n) is 20.0. The van der Waals surface area contributed by atoms with Crippen molar-refractivity contribution in [3.05, 3.63) is 54.5 Å². The lowest BCUT2D eigenvalue weighted by atomic mass is 10.1. The number of hydrogen-bond acceptors (Lipinski definition) is 8. The number of aliphatic hydroxyl groups is 1. The number of likely N-dealkylation sites (tertiary alicyclic amines) is 1. The van der Waals surface area contributed by atoms with Gasteiger partial charge in [0.05, 0.1) is 42.1 Å². The number of nitrogens with zero attached hydrogens (tertiary/aromatic N) is 7. The third-order valence-corrected chi connectivity index (χ3v) is 6.19. The van der Waals surface area contributed by atoms with E-state index in [-0.39, 0.29) is 24.4 Å². The smallest absolute Gasteiger partial charge is 0.294 e. The van der Waals surface area contributed by atoms with E-state index in [0.717, 1.165) is 11.1 Å². The Balaban J connectivity index is 1.27. The summed E-state index contributed by atoms with van der Waals surface area (Å²) in [6.07, 6.45) is 7.99. The van der Waals surface area contributed by atoms with Crippen LogP contribution in [-0.4, -0.2) is 76.9 Å². The van der Waals surface area contributed by atoms with Gasteiger partial charge in [0.25, 0.3) is 5.91 Å². The molecule has 12 nitrogen and oxygen atoms in total. The van der Waals surface area contributed by atoms with Gasteiger partial charge in [-0.2, -0.15) is 5.10 Å². The maximum atomic E-state index is 13.0. The monoisotopic (exact) mass is 489 g/mol. The van der Waals surface area contributed by atoms with Crippen molar-refractivity contribution in [1.82, 2.24) is 34.3 Å². The number of amides is 2. The summed E-state index contributed by atoms with van der Waals surface area (Å²) in [5.74, 6) is -0.497. The first-order valence-electron chi connectivity index (χ1n) is 11.7. The van der Waals surface area contributed by atoms with E-state index in [9.17, 15) is 14.7 Å². The molecule has 5 heterocycles. The number of aryl methyl sites for hydroxylation is 2. The van der Waals surface area contributed by atoms with Crippen molar-refractivity contribution in [2.75, 3.05) is 30.3 Å². The second kappa shape index (κ2) is 9.84. The molecule has 186 valence electrons. The van der Waals surface area contributed by atoms with E-state index in [4.69, 9.17) is 0 Å². The average Bonchev–Trinajstić information content (AvgIpc) is 3.48. The third kappa shape index (κ3) is 5.09. The van der Waals surface area contributed by atoms with Crippen LogP contribution in [0.4, 0.5) is 11.4 Å². The molecule has 0 bridgehead atoms. The molecule has 36 heavy (non-hydrogen) atoms. The van der Waals surface area contributed by atoms with Gasteiger partial charge in [-0.3, -0.25) is 28.6 Å². The van der Waals surface area contributed by atoms with Crippen LogP contribution in [0.3, 0.4) is 0 Å². The maximum Gasteiger partial charge on any atom is 0.294 e. The molecular weight excluding hydrogens is 462 g/mol. The first-order valence-corrected chi connectivity index (χ1v) is 11.7. The third-order valence-electron chi connectivity index (χ3n) is 6.19. The highest BCUT2D eigenvalue weighted by Gasteiger charge is 2.20. The minimum Gasteiger partial charge on any atom is -0.393 e. The fourth-order valence-corrected chi connectivity index (χ4v) is 4.18. The molecule has 4 aromatic heterocycles. The summed E-state index contributed by atoms with van der Waals surface area (Å²) in [4.78, 5) is 31.8. The van der Waals surface area contributed by atoms with E-state index in [2.05, 4.69) is 30.9 Å². The van der Waals surface area contributed by atoms with E-state index in [0.29, 0.717) is 48.6 Å². The molecule has 0 aromatic carbocycles. The first kappa shape index (κ1) is 23.6. The molecule has 1 saturated heterocycles. The van der Waals surface area contributed by atoms with Gasteiger partial charge >= 0.3 is 0 Å². The van der Waals surface area contributed by atoms with Crippen LogP contribution in [0.15, 0.2) is 43.0 Å². The van der Waals surface area contributed by atoms with Gasteiger partial charge in [0.1, 0.15) is 0 Å².